The van der Waals surface area contributed by atoms with E-state index in [1.807, 2.05) is 30.3 Å². The first kappa shape index (κ1) is 11.6. The third-order valence-electron chi connectivity index (χ3n) is 3.51. The van der Waals surface area contributed by atoms with Gasteiger partial charge in [-0.2, -0.15) is 0 Å². The minimum absolute atomic E-state index is 0.00293. The van der Waals surface area contributed by atoms with E-state index in [-0.39, 0.29) is 19.3 Å². The Kier molecular flexibility index (Phi) is 3.59. The van der Waals surface area contributed by atoms with Crippen molar-refractivity contribution < 1.29 is 14.9 Å². The van der Waals surface area contributed by atoms with Crippen LogP contribution in [-0.4, -0.2) is 29.5 Å². The highest BCUT2D eigenvalue weighted by Crippen LogP contribution is 2.42. The molecule has 0 amide bonds. The lowest BCUT2D eigenvalue weighted by atomic mass is 9.67. The highest BCUT2D eigenvalue weighted by molar-refractivity contribution is 5.13. The van der Waals surface area contributed by atoms with Crippen LogP contribution in [0.1, 0.15) is 18.4 Å². The van der Waals surface area contributed by atoms with Gasteiger partial charge in [-0.05, 0) is 18.4 Å². The molecule has 1 aliphatic rings. The highest BCUT2D eigenvalue weighted by Gasteiger charge is 2.46. The second kappa shape index (κ2) is 4.95. The van der Waals surface area contributed by atoms with Gasteiger partial charge in [-0.25, -0.2) is 0 Å². The summed E-state index contributed by atoms with van der Waals surface area (Å²) in [5.41, 5.74) is 0.716. The van der Waals surface area contributed by atoms with Crippen LogP contribution in [0.25, 0.3) is 0 Å². The van der Waals surface area contributed by atoms with Crippen molar-refractivity contribution in [1.29, 1.82) is 0 Å². The molecule has 0 saturated heterocycles. The lowest BCUT2D eigenvalue weighted by molar-refractivity contribution is -0.159. The Balaban J connectivity index is 1.87. The molecule has 1 aliphatic carbocycles. The molecule has 0 aromatic heterocycles. The Bertz CT molecular complexity index is 314. The molecule has 0 aliphatic heterocycles. The summed E-state index contributed by atoms with van der Waals surface area (Å²) in [4.78, 5) is 0. The van der Waals surface area contributed by atoms with Gasteiger partial charge < -0.3 is 14.9 Å². The fraction of sp³-hybridized carbons (Fsp3) is 0.538. The lowest BCUT2D eigenvalue weighted by Crippen LogP contribution is -2.51. The third kappa shape index (κ3) is 2.12. The zero-order chi connectivity index (χ0) is 11.4. The molecule has 0 heterocycles. The number of benzene rings is 1. The summed E-state index contributed by atoms with van der Waals surface area (Å²) >= 11 is 0. The summed E-state index contributed by atoms with van der Waals surface area (Å²) < 4.78 is 5.74. The summed E-state index contributed by atoms with van der Waals surface area (Å²) in [5, 5.41) is 18.5. The maximum Gasteiger partial charge on any atom is 0.0720 e. The third-order valence-corrected chi connectivity index (χ3v) is 3.51. The van der Waals surface area contributed by atoms with Gasteiger partial charge in [0.2, 0.25) is 0 Å². The molecule has 1 aromatic carbocycles. The molecule has 2 N–H and O–H groups in total. The van der Waals surface area contributed by atoms with Crippen molar-refractivity contribution in [3.05, 3.63) is 35.9 Å². The van der Waals surface area contributed by atoms with Crippen molar-refractivity contribution >= 4 is 0 Å². The quantitative estimate of drug-likeness (QED) is 0.790. The predicted octanol–water partition coefficient (Wildman–Crippen LogP) is 1.34. The fourth-order valence-electron chi connectivity index (χ4n) is 2.11. The van der Waals surface area contributed by atoms with Gasteiger partial charge in [0.1, 0.15) is 0 Å². The van der Waals surface area contributed by atoms with Crippen molar-refractivity contribution in [2.75, 3.05) is 13.2 Å². The maximum absolute atomic E-state index is 9.26. The maximum atomic E-state index is 9.26. The molecule has 3 nitrogen and oxygen atoms in total. The molecule has 0 radical (unpaired) electrons. The molecule has 1 fully saturated rings. The van der Waals surface area contributed by atoms with Crippen molar-refractivity contribution in [1.82, 2.24) is 0 Å². The summed E-state index contributed by atoms with van der Waals surface area (Å²) in [7, 11) is 0. The van der Waals surface area contributed by atoms with Crippen LogP contribution in [0.2, 0.25) is 0 Å². The van der Waals surface area contributed by atoms with Crippen LogP contribution in [0.4, 0.5) is 0 Å². The van der Waals surface area contributed by atoms with E-state index in [2.05, 4.69) is 0 Å². The standard InChI is InChI=1S/C13H18O3/c14-9-13(10-15)7-6-12(13)16-8-11-4-2-1-3-5-11/h1-5,12,14-15H,6-10H2. The average molecular weight is 222 g/mol. The predicted molar refractivity (Wildman–Crippen MR) is 60.9 cm³/mol. The largest absolute Gasteiger partial charge is 0.396 e. The average Bonchev–Trinajstić information content (AvgIpc) is 2.31. The van der Waals surface area contributed by atoms with Crippen LogP contribution in [0.5, 0.6) is 0 Å². The van der Waals surface area contributed by atoms with Crippen LogP contribution >= 0.6 is 0 Å². The minimum Gasteiger partial charge on any atom is -0.396 e. The van der Waals surface area contributed by atoms with E-state index >= 15 is 0 Å². The second-order valence-corrected chi connectivity index (χ2v) is 4.50. The van der Waals surface area contributed by atoms with E-state index in [9.17, 15) is 10.2 Å². The highest BCUT2D eigenvalue weighted by atomic mass is 16.5. The fourth-order valence-corrected chi connectivity index (χ4v) is 2.11. The van der Waals surface area contributed by atoms with E-state index in [1.54, 1.807) is 0 Å². The van der Waals surface area contributed by atoms with Gasteiger partial charge in [0, 0.05) is 5.41 Å². The van der Waals surface area contributed by atoms with Crippen LogP contribution in [0.3, 0.4) is 0 Å². The Morgan fingerprint density at radius 1 is 1.19 bits per heavy atom. The Hall–Kier alpha value is -0.900. The van der Waals surface area contributed by atoms with E-state index in [4.69, 9.17) is 4.74 Å². The van der Waals surface area contributed by atoms with E-state index in [0.29, 0.717) is 6.61 Å². The molecule has 16 heavy (non-hydrogen) atoms. The number of rotatable bonds is 5. The van der Waals surface area contributed by atoms with Crippen LogP contribution < -0.4 is 0 Å². The van der Waals surface area contributed by atoms with Crippen molar-refractivity contribution in [2.24, 2.45) is 5.41 Å². The van der Waals surface area contributed by atoms with Crippen LogP contribution in [-0.2, 0) is 11.3 Å². The number of hydrogen-bond donors (Lipinski definition) is 2. The van der Waals surface area contributed by atoms with Gasteiger partial charge in [-0.1, -0.05) is 30.3 Å². The summed E-state index contributed by atoms with van der Waals surface area (Å²) in [5.74, 6) is 0. The normalized spacial score (nSPS) is 22.8. The van der Waals surface area contributed by atoms with Crippen molar-refractivity contribution in [3.63, 3.8) is 0 Å². The number of aliphatic hydroxyl groups is 2. The van der Waals surface area contributed by atoms with Gasteiger partial charge in [0.15, 0.2) is 0 Å². The lowest BCUT2D eigenvalue weighted by Gasteiger charge is -2.46. The first-order valence-corrected chi connectivity index (χ1v) is 5.68. The van der Waals surface area contributed by atoms with Gasteiger partial charge in [0.25, 0.3) is 0 Å². The molecule has 1 atom stereocenters. The van der Waals surface area contributed by atoms with Crippen LogP contribution in [0, 0.1) is 5.41 Å². The van der Waals surface area contributed by atoms with Gasteiger partial charge in [-0.3, -0.25) is 0 Å². The molecule has 2 rings (SSSR count). The molecule has 1 saturated carbocycles. The topological polar surface area (TPSA) is 49.7 Å². The Morgan fingerprint density at radius 3 is 2.38 bits per heavy atom. The first-order valence-electron chi connectivity index (χ1n) is 5.68. The number of aliphatic hydroxyl groups excluding tert-OH is 2. The van der Waals surface area contributed by atoms with E-state index < -0.39 is 5.41 Å². The minimum atomic E-state index is -0.408. The van der Waals surface area contributed by atoms with Crippen molar-refractivity contribution in [2.45, 2.75) is 25.6 Å². The van der Waals surface area contributed by atoms with Gasteiger partial charge in [-0.15, -0.1) is 0 Å². The first-order chi connectivity index (χ1) is 7.80. The summed E-state index contributed by atoms with van der Waals surface area (Å²) in [6, 6.07) is 9.95. The molecule has 1 unspecified atom stereocenters. The zero-order valence-electron chi connectivity index (χ0n) is 9.30. The molecular formula is C13H18O3. The van der Waals surface area contributed by atoms with Gasteiger partial charge >= 0.3 is 0 Å². The molecule has 1 aromatic rings. The summed E-state index contributed by atoms with van der Waals surface area (Å²) in [6.45, 7) is 0.555. The second-order valence-electron chi connectivity index (χ2n) is 4.50. The Morgan fingerprint density at radius 2 is 1.88 bits per heavy atom. The summed E-state index contributed by atoms with van der Waals surface area (Å²) in [6.07, 6.45) is 1.76. The van der Waals surface area contributed by atoms with Gasteiger partial charge in [0.05, 0.1) is 25.9 Å². The monoisotopic (exact) mass is 222 g/mol. The van der Waals surface area contributed by atoms with Crippen LogP contribution in [0.15, 0.2) is 30.3 Å². The molecule has 0 bridgehead atoms. The number of hydrogen-bond acceptors (Lipinski definition) is 3. The van der Waals surface area contributed by atoms with E-state index in [1.165, 1.54) is 0 Å². The van der Waals surface area contributed by atoms with Crippen molar-refractivity contribution in [3.8, 4) is 0 Å². The smallest absolute Gasteiger partial charge is 0.0720 e. The molecule has 3 heteroatoms. The molecule has 88 valence electrons. The molecular weight excluding hydrogens is 204 g/mol. The number of ether oxygens (including phenoxy) is 1. The molecule has 0 spiro atoms. The SMILES string of the molecule is OCC1(CO)CCC1OCc1ccccc1. The Labute approximate surface area is 95.7 Å². The zero-order valence-corrected chi connectivity index (χ0v) is 9.30. The van der Waals surface area contributed by atoms with E-state index in [0.717, 1.165) is 18.4 Å².